The first-order valence-electron chi connectivity index (χ1n) is 6.83. The largest absolute Gasteiger partial charge is 0.480 e. The molecule has 122 valence electrons. The summed E-state index contributed by atoms with van der Waals surface area (Å²) in [5.41, 5.74) is 0.685. The van der Waals surface area contributed by atoms with Gasteiger partial charge in [0.2, 0.25) is 0 Å². The molecule has 0 saturated carbocycles. The molecule has 1 N–H and O–H groups in total. The third kappa shape index (κ3) is 3.95. The second-order valence-corrected chi connectivity index (χ2v) is 6.02. The fourth-order valence-corrected chi connectivity index (χ4v) is 2.44. The molecule has 0 aliphatic carbocycles. The topological polar surface area (TPSA) is 75.4 Å². The van der Waals surface area contributed by atoms with Gasteiger partial charge in [-0.15, -0.1) is 0 Å². The lowest BCUT2D eigenvalue weighted by Crippen LogP contribution is -2.41. The van der Waals surface area contributed by atoms with Crippen LogP contribution in [0.2, 0.25) is 0 Å². The Bertz CT molecular complexity index is 728. The summed E-state index contributed by atoms with van der Waals surface area (Å²) >= 11 is 3.26. The summed E-state index contributed by atoms with van der Waals surface area (Å²) in [4.78, 5) is 24.7. The molecule has 0 unspecified atom stereocenters. The van der Waals surface area contributed by atoms with Crippen molar-refractivity contribution >= 4 is 27.8 Å². The smallest absolute Gasteiger partial charge is 0.323 e. The van der Waals surface area contributed by atoms with Crippen molar-refractivity contribution in [3.05, 3.63) is 46.4 Å². The van der Waals surface area contributed by atoms with Crippen molar-refractivity contribution in [2.24, 2.45) is 0 Å². The van der Waals surface area contributed by atoms with Gasteiger partial charge < -0.3 is 10.0 Å². The summed E-state index contributed by atoms with van der Waals surface area (Å²) in [5, 5.41) is 13.1. The molecule has 1 aromatic carbocycles. The number of carbonyl (C=O) groups is 2. The summed E-state index contributed by atoms with van der Waals surface area (Å²) in [7, 11) is 0. The molecule has 8 heteroatoms. The number of hydrogen-bond donors (Lipinski definition) is 1. The molecular weight excluding hydrogens is 369 g/mol. The molecule has 0 saturated heterocycles. The summed E-state index contributed by atoms with van der Waals surface area (Å²) in [6, 6.07) is 5.34. The van der Waals surface area contributed by atoms with E-state index in [1.807, 2.05) is 0 Å². The first-order chi connectivity index (χ1) is 10.8. The van der Waals surface area contributed by atoms with E-state index in [1.54, 1.807) is 20.0 Å². The van der Waals surface area contributed by atoms with E-state index in [9.17, 15) is 14.0 Å². The van der Waals surface area contributed by atoms with Gasteiger partial charge in [0.1, 0.15) is 12.4 Å². The van der Waals surface area contributed by atoms with Crippen LogP contribution in [0.4, 0.5) is 4.39 Å². The number of carbonyl (C=O) groups excluding carboxylic acids is 1. The van der Waals surface area contributed by atoms with Gasteiger partial charge in [-0.3, -0.25) is 9.59 Å². The second-order valence-electron chi connectivity index (χ2n) is 5.17. The summed E-state index contributed by atoms with van der Waals surface area (Å²) in [6.07, 6.45) is 1.57. The molecule has 0 radical (unpaired) electrons. The Morgan fingerprint density at radius 2 is 1.96 bits per heavy atom. The van der Waals surface area contributed by atoms with Gasteiger partial charge in [-0.25, -0.2) is 9.07 Å². The molecule has 0 aliphatic heterocycles. The zero-order chi connectivity index (χ0) is 17.1. The lowest BCUT2D eigenvalue weighted by Gasteiger charge is -2.24. The monoisotopic (exact) mass is 383 g/mol. The number of aromatic nitrogens is 2. The Labute approximate surface area is 140 Å². The predicted molar refractivity (Wildman–Crippen MR) is 85.0 cm³/mol. The van der Waals surface area contributed by atoms with Gasteiger partial charge in [0.05, 0.1) is 10.2 Å². The lowest BCUT2D eigenvalue weighted by molar-refractivity contribution is -0.138. The molecule has 6 nitrogen and oxygen atoms in total. The molecule has 0 fully saturated rings. The van der Waals surface area contributed by atoms with Crippen molar-refractivity contribution in [2.75, 3.05) is 6.54 Å². The van der Waals surface area contributed by atoms with Crippen LogP contribution in [-0.2, 0) is 4.79 Å². The zero-order valence-electron chi connectivity index (χ0n) is 12.5. The van der Waals surface area contributed by atoms with Gasteiger partial charge in [-0.2, -0.15) is 5.10 Å². The number of halogens is 2. The molecule has 0 bridgehead atoms. The molecule has 0 aliphatic rings. The molecule has 1 aromatic heterocycles. The minimum absolute atomic E-state index is 0.101. The van der Waals surface area contributed by atoms with Gasteiger partial charge in [0.25, 0.3) is 5.91 Å². The average molecular weight is 384 g/mol. The van der Waals surface area contributed by atoms with Crippen LogP contribution in [0.1, 0.15) is 24.3 Å². The van der Waals surface area contributed by atoms with Crippen LogP contribution in [0, 0.1) is 5.82 Å². The maximum absolute atomic E-state index is 13.0. The van der Waals surface area contributed by atoms with Crippen LogP contribution >= 0.6 is 15.9 Å². The number of rotatable bonds is 5. The second kappa shape index (κ2) is 6.91. The van der Waals surface area contributed by atoms with Crippen LogP contribution < -0.4 is 0 Å². The lowest BCUT2D eigenvalue weighted by atomic mass is 10.2. The highest BCUT2D eigenvalue weighted by Gasteiger charge is 2.25. The van der Waals surface area contributed by atoms with E-state index in [1.165, 1.54) is 33.8 Å². The standard InChI is InChI=1S/C15H15BrFN3O3/c1-9(2)19(8-13(21)22)15(23)14-12(16)7-20(18-14)11-5-3-10(17)4-6-11/h3-7,9H,8H2,1-2H3,(H,21,22). The highest BCUT2D eigenvalue weighted by atomic mass is 79.9. The van der Waals surface area contributed by atoms with E-state index in [0.29, 0.717) is 10.2 Å². The number of aliphatic carboxylic acids is 1. The van der Waals surface area contributed by atoms with Crippen molar-refractivity contribution in [1.82, 2.24) is 14.7 Å². The van der Waals surface area contributed by atoms with Crippen molar-refractivity contribution < 1.29 is 19.1 Å². The Balaban J connectivity index is 2.34. The molecule has 1 heterocycles. The maximum atomic E-state index is 13.0. The summed E-state index contributed by atoms with van der Waals surface area (Å²) in [6.45, 7) is 3.05. The zero-order valence-corrected chi connectivity index (χ0v) is 14.1. The Kier molecular flexibility index (Phi) is 5.15. The quantitative estimate of drug-likeness (QED) is 0.860. The molecule has 0 spiro atoms. The fourth-order valence-electron chi connectivity index (χ4n) is 1.99. The summed E-state index contributed by atoms with van der Waals surface area (Å²) < 4.78 is 14.8. The molecule has 23 heavy (non-hydrogen) atoms. The fraction of sp³-hybridized carbons (Fsp3) is 0.267. The third-order valence-electron chi connectivity index (χ3n) is 3.15. The van der Waals surface area contributed by atoms with E-state index in [-0.39, 0.29) is 17.6 Å². The van der Waals surface area contributed by atoms with E-state index < -0.39 is 18.4 Å². The van der Waals surface area contributed by atoms with Gasteiger partial charge >= 0.3 is 5.97 Å². The van der Waals surface area contributed by atoms with Gasteiger partial charge in [-0.1, -0.05) is 0 Å². The number of amides is 1. The molecule has 2 aromatic rings. The third-order valence-corrected chi connectivity index (χ3v) is 3.73. The Morgan fingerprint density at radius 3 is 2.48 bits per heavy atom. The Hall–Kier alpha value is -2.22. The van der Waals surface area contributed by atoms with Crippen LogP contribution in [0.25, 0.3) is 5.69 Å². The predicted octanol–water partition coefficient (Wildman–Crippen LogP) is 2.71. The van der Waals surface area contributed by atoms with E-state index in [4.69, 9.17) is 5.11 Å². The van der Waals surface area contributed by atoms with Crippen LogP contribution in [0.3, 0.4) is 0 Å². The van der Waals surface area contributed by atoms with E-state index >= 15 is 0 Å². The molecule has 2 rings (SSSR count). The maximum Gasteiger partial charge on any atom is 0.323 e. The first-order valence-corrected chi connectivity index (χ1v) is 7.62. The number of hydrogen-bond acceptors (Lipinski definition) is 3. The van der Waals surface area contributed by atoms with Crippen molar-refractivity contribution in [3.63, 3.8) is 0 Å². The molecular formula is C15H15BrFN3O3. The Morgan fingerprint density at radius 1 is 1.35 bits per heavy atom. The average Bonchev–Trinajstić information content (AvgIpc) is 2.86. The minimum Gasteiger partial charge on any atom is -0.480 e. The van der Waals surface area contributed by atoms with Crippen molar-refractivity contribution in [1.29, 1.82) is 0 Å². The van der Waals surface area contributed by atoms with Crippen molar-refractivity contribution in [2.45, 2.75) is 19.9 Å². The number of benzene rings is 1. The van der Waals surface area contributed by atoms with E-state index in [2.05, 4.69) is 21.0 Å². The van der Waals surface area contributed by atoms with Crippen LogP contribution in [0.15, 0.2) is 34.9 Å². The van der Waals surface area contributed by atoms with Crippen LogP contribution in [-0.4, -0.2) is 44.3 Å². The van der Waals surface area contributed by atoms with Gasteiger partial charge in [-0.05, 0) is 54.0 Å². The normalized spacial score (nSPS) is 10.8. The van der Waals surface area contributed by atoms with Gasteiger partial charge in [0, 0.05) is 12.2 Å². The highest BCUT2D eigenvalue weighted by Crippen LogP contribution is 2.20. The molecule has 0 atom stereocenters. The minimum atomic E-state index is -1.10. The molecule has 1 amide bonds. The number of carboxylic acid groups (broad SMARTS) is 1. The van der Waals surface area contributed by atoms with Crippen molar-refractivity contribution in [3.8, 4) is 5.69 Å². The summed E-state index contributed by atoms with van der Waals surface area (Å²) in [5.74, 6) is -1.96. The van der Waals surface area contributed by atoms with E-state index in [0.717, 1.165) is 0 Å². The van der Waals surface area contributed by atoms with Crippen LogP contribution in [0.5, 0.6) is 0 Å². The number of carboxylic acids is 1. The first kappa shape index (κ1) is 17.1. The number of nitrogens with zero attached hydrogens (tertiary/aromatic N) is 3. The highest BCUT2D eigenvalue weighted by molar-refractivity contribution is 9.10. The SMILES string of the molecule is CC(C)N(CC(=O)O)C(=O)c1nn(-c2ccc(F)cc2)cc1Br. The van der Waals surface area contributed by atoms with Gasteiger partial charge in [0.15, 0.2) is 5.69 Å².